The quantitative estimate of drug-likeness (QED) is 0.377. The molecule has 1 fully saturated rings. The number of hydrogen-bond acceptors (Lipinski definition) is 3. The first-order valence-corrected chi connectivity index (χ1v) is 6.69. The van der Waals surface area contributed by atoms with Gasteiger partial charge in [0.1, 0.15) is 11.6 Å². The molecule has 1 saturated carbocycles. The molecule has 5 heteroatoms. The minimum absolute atomic E-state index is 0.0394. The van der Waals surface area contributed by atoms with E-state index in [2.05, 4.69) is 5.16 Å². The highest BCUT2D eigenvalue weighted by atomic mass is 35.5. The average Bonchev–Trinajstić information content (AvgIpc) is 3.13. The number of benzene rings is 1. The predicted octanol–water partition coefficient (Wildman–Crippen LogP) is 3.25. The lowest BCUT2D eigenvalue weighted by Crippen LogP contribution is -2.22. The van der Waals surface area contributed by atoms with E-state index in [0.717, 1.165) is 34.7 Å². The van der Waals surface area contributed by atoms with Crippen molar-refractivity contribution in [3.63, 3.8) is 0 Å². The first-order valence-electron chi connectivity index (χ1n) is 6.32. The van der Waals surface area contributed by atoms with Gasteiger partial charge in [0.2, 0.25) is 0 Å². The summed E-state index contributed by atoms with van der Waals surface area (Å²) in [6.45, 7) is 4.51. The zero-order valence-electron chi connectivity index (χ0n) is 11.2. The standard InChI is InChI=1S/C14H19ClN2O2/c1-9-5-11(6-10(2)13(9)15)19-8-14(3-4-14)7-12(16)17-18/h5-6,18H,3-4,7-8H2,1-2H3,(H2,16,17). The highest BCUT2D eigenvalue weighted by molar-refractivity contribution is 6.32. The van der Waals surface area contributed by atoms with Crippen LogP contribution in [0.2, 0.25) is 5.02 Å². The molecule has 0 bridgehead atoms. The molecule has 104 valence electrons. The van der Waals surface area contributed by atoms with Gasteiger partial charge in [0, 0.05) is 16.9 Å². The Morgan fingerprint density at radius 3 is 2.47 bits per heavy atom. The van der Waals surface area contributed by atoms with Gasteiger partial charge in [0.15, 0.2) is 0 Å². The maximum atomic E-state index is 8.62. The van der Waals surface area contributed by atoms with Crippen LogP contribution in [0.25, 0.3) is 0 Å². The van der Waals surface area contributed by atoms with E-state index < -0.39 is 0 Å². The van der Waals surface area contributed by atoms with E-state index in [0.29, 0.717) is 13.0 Å². The first kappa shape index (κ1) is 14.0. The predicted molar refractivity (Wildman–Crippen MR) is 76.1 cm³/mol. The summed E-state index contributed by atoms with van der Waals surface area (Å²) in [6, 6.07) is 3.88. The van der Waals surface area contributed by atoms with Crippen LogP contribution in [0.15, 0.2) is 17.3 Å². The summed E-state index contributed by atoms with van der Waals surface area (Å²) in [5.74, 6) is 1.09. The second-order valence-corrected chi connectivity index (χ2v) is 5.81. The van der Waals surface area contributed by atoms with Gasteiger partial charge in [0.25, 0.3) is 0 Å². The Bertz CT molecular complexity index is 487. The van der Waals surface area contributed by atoms with Crippen molar-refractivity contribution in [3.05, 3.63) is 28.3 Å². The second kappa shape index (κ2) is 5.29. The molecule has 3 N–H and O–H groups in total. The smallest absolute Gasteiger partial charge is 0.139 e. The lowest BCUT2D eigenvalue weighted by atomic mass is 10.0. The molecule has 4 nitrogen and oxygen atoms in total. The van der Waals surface area contributed by atoms with Crippen LogP contribution in [0.3, 0.4) is 0 Å². The third-order valence-electron chi connectivity index (χ3n) is 3.60. The molecule has 0 aliphatic heterocycles. The molecule has 0 saturated heterocycles. The van der Waals surface area contributed by atoms with Gasteiger partial charge in [-0.1, -0.05) is 16.8 Å². The van der Waals surface area contributed by atoms with Crippen LogP contribution in [0, 0.1) is 19.3 Å². The molecule has 0 spiro atoms. The number of hydrogen-bond donors (Lipinski definition) is 2. The molecular weight excluding hydrogens is 264 g/mol. The van der Waals surface area contributed by atoms with E-state index in [-0.39, 0.29) is 11.3 Å². The second-order valence-electron chi connectivity index (χ2n) is 5.43. The van der Waals surface area contributed by atoms with Gasteiger partial charge in [-0.05, 0) is 49.9 Å². The zero-order chi connectivity index (χ0) is 14.0. The maximum Gasteiger partial charge on any atom is 0.139 e. The van der Waals surface area contributed by atoms with Crippen molar-refractivity contribution in [2.75, 3.05) is 6.61 Å². The SMILES string of the molecule is Cc1cc(OCC2(CC(N)=NO)CC2)cc(C)c1Cl. The van der Waals surface area contributed by atoms with Crippen LogP contribution >= 0.6 is 11.6 Å². The number of ether oxygens (including phenoxy) is 1. The van der Waals surface area contributed by atoms with Gasteiger partial charge in [0.05, 0.1) is 6.61 Å². The molecule has 0 atom stereocenters. The lowest BCUT2D eigenvalue weighted by molar-refractivity contribution is 0.236. The molecule has 0 amide bonds. The van der Waals surface area contributed by atoms with Gasteiger partial charge >= 0.3 is 0 Å². The van der Waals surface area contributed by atoms with Crippen LogP contribution in [0.4, 0.5) is 0 Å². The van der Waals surface area contributed by atoms with E-state index in [1.54, 1.807) is 0 Å². The van der Waals surface area contributed by atoms with Gasteiger partial charge in [-0.3, -0.25) is 0 Å². The van der Waals surface area contributed by atoms with Crippen LogP contribution in [-0.4, -0.2) is 17.6 Å². The van der Waals surface area contributed by atoms with Crippen molar-refractivity contribution >= 4 is 17.4 Å². The molecule has 1 aliphatic rings. The Morgan fingerprint density at radius 2 is 2.00 bits per heavy atom. The van der Waals surface area contributed by atoms with E-state index in [4.69, 9.17) is 27.3 Å². The summed E-state index contributed by atoms with van der Waals surface area (Å²) in [4.78, 5) is 0. The molecular formula is C14H19ClN2O2. The van der Waals surface area contributed by atoms with Crippen molar-refractivity contribution in [3.8, 4) is 5.75 Å². The lowest BCUT2D eigenvalue weighted by Gasteiger charge is -2.16. The Balaban J connectivity index is 2.00. The number of nitrogens with two attached hydrogens (primary N) is 1. The average molecular weight is 283 g/mol. The summed E-state index contributed by atoms with van der Waals surface area (Å²) < 4.78 is 5.84. The van der Waals surface area contributed by atoms with Gasteiger partial charge in [-0.2, -0.15) is 0 Å². The Morgan fingerprint density at radius 1 is 1.42 bits per heavy atom. The summed E-state index contributed by atoms with van der Waals surface area (Å²) in [5, 5.41) is 12.4. The van der Waals surface area contributed by atoms with Gasteiger partial charge < -0.3 is 15.7 Å². The van der Waals surface area contributed by atoms with Crippen molar-refractivity contribution in [1.29, 1.82) is 0 Å². The molecule has 0 unspecified atom stereocenters. The Kier molecular flexibility index (Phi) is 3.90. The van der Waals surface area contributed by atoms with Gasteiger partial charge in [-0.15, -0.1) is 0 Å². The molecule has 1 aromatic carbocycles. The fraction of sp³-hybridized carbons (Fsp3) is 0.500. The van der Waals surface area contributed by atoms with E-state index in [9.17, 15) is 0 Å². The van der Waals surface area contributed by atoms with Crippen LogP contribution < -0.4 is 10.5 Å². The number of nitrogens with zero attached hydrogens (tertiary/aromatic N) is 1. The summed E-state index contributed by atoms with van der Waals surface area (Å²) in [6.07, 6.45) is 2.68. The van der Waals surface area contributed by atoms with Crippen molar-refractivity contribution in [2.24, 2.45) is 16.3 Å². The number of oxime groups is 1. The number of aryl methyl sites for hydroxylation is 2. The van der Waals surface area contributed by atoms with Crippen molar-refractivity contribution in [2.45, 2.75) is 33.1 Å². The Hall–Kier alpha value is -1.42. The Labute approximate surface area is 118 Å². The van der Waals surface area contributed by atoms with E-state index in [1.165, 1.54) is 0 Å². The van der Waals surface area contributed by atoms with Gasteiger partial charge in [-0.25, -0.2) is 0 Å². The van der Waals surface area contributed by atoms with Crippen LogP contribution in [0.5, 0.6) is 5.75 Å². The molecule has 0 aromatic heterocycles. The van der Waals surface area contributed by atoms with Crippen molar-refractivity contribution in [1.82, 2.24) is 0 Å². The number of halogens is 1. The molecule has 0 radical (unpaired) electrons. The highest BCUT2D eigenvalue weighted by Gasteiger charge is 2.44. The molecule has 1 aliphatic carbocycles. The molecule has 1 aromatic rings. The molecule has 19 heavy (non-hydrogen) atoms. The first-order chi connectivity index (χ1) is 8.96. The van der Waals surface area contributed by atoms with Crippen LogP contribution in [-0.2, 0) is 0 Å². The van der Waals surface area contributed by atoms with E-state index in [1.807, 2.05) is 26.0 Å². The summed E-state index contributed by atoms with van der Waals surface area (Å²) in [5.41, 5.74) is 7.63. The summed E-state index contributed by atoms with van der Waals surface area (Å²) >= 11 is 6.12. The van der Waals surface area contributed by atoms with Crippen molar-refractivity contribution < 1.29 is 9.94 Å². The topological polar surface area (TPSA) is 67.8 Å². The number of rotatable bonds is 5. The maximum absolute atomic E-state index is 8.62. The molecule has 2 rings (SSSR count). The zero-order valence-corrected chi connectivity index (χ0v) is 12.0. The number of amidine groups is 1. The monoisotopic (exact) mass is 282 g/mol. The largest absolute Gasteiger partial charge is 0.493 e. The third kappa shape index (κ3) is 3.32. The minimum atomic E-state index is 0.0394. The summed E-state index contributed by atoms with van der Waals surface area (Å²) in [7, 11) is 0. The fourth-order valence-corrected chi connectivity index (χ4v) is 2.30. The minimum Gasteiger partial charge on any atom is -0.493 e. The fourth-order valence-electron chi connectivity index (χ4n) is 2.19. The van der Waals surface area contributed by atoms with Crippen LogP contribution in [0.1, 0.15) is 30.4 Å². The third-order valence-corrected chi connectivity index (χ3v) is 4.19. The highest BCUT2D eigenvalue weighted by Crippen LogP contribution is 2.49. The molecule has 0 heterocycles. The van der Waals surface area contributed by atoms with E-state index >= 15 is 0 Å². The normalized spacial score (nSPS) is 17.3.